The van der Waals surface area contributed by atoms with Gasteiger partial charge in [-0.25, -0.2) is 4.79 Å². The molecule has 1 saturated heterocycles. The van der Waals surface area contributed by atoms with Gasteiger partial charge in [-0.1, -0.05) is 30.7 Å². The van der Waals surface area contributed by atoms with Gasteiger partial charge in [0.05, 0.1) is 17.7 Å². The van der Waals surface area contributed by atoms with Gasteiger partial charge in [-0.05, 0) is 93.2 Å². The van der Waals surface area contributed by atoms with Gasteiger partial charge in [0.2, 0.25) is 0 Å². The largest absolute Gasteiger partial charge is 0.444 e. The van der Waals surface area contributed by atoms with Crippen LogP contribution in [-0.2, 0) is 23.7 Å². The van der Waals surface area contributed by atoms with Gasteiger partial charge in [0.25, 0.3) is 0 Å². The Morgan fingerprint density at radius 3 is 1.98 bits per heavy atom. The zero-order chi connectivity index (χ0) is 31.2. The van der Waals surface area contributed by atoms with Crippen LogP contribution in [0.15, 0.2) is 42.5 Å². The topological polar surface area (TPSA) is 70.0 Å². The second-order valence-corrected chi connectivity index (χ2v) is 11.3. The lowest BCUT2D eigenvalue weighted by Crippen LogP contribution is -2.35. The molecule has 0 bridgehead atoms. The summed E-state index contributed by atoms with van der Waals surface area (Å²) in [5.74, 6) is 1.79. The Hall–Kier alpha value is -2.79. The van der Waals surface area contributed by atoms with Gasteiger partial charge < -0.3 is 19.8 Å². The van der Waals surface area contributed by atoms with Gasteiger partial charge in [0, 0.05) is 20.2 Å². The van der Waals surface area contributed by atoms with E-state index >= 15 is 0 Å². The van der Waals surface area contributed by atoms with Crippen LogP contribution in [0.2, 0.25) is 0 Å². The molecule has 2 aliphatic rings. The van der Waals surface area contributed by atoms with Gasteiger partial charge >= 0.3 is 18.4 Å². The summed E-state index contributed by atoms with van der Waals surface area (Å²) >= 11 is 0. The number of aliphatic hydroxyl groups excluding tert-OH is 2. The first kappa shape index (κ1) is 34.4. The van der Waals surface area contributed by atoms with Crippen LogP contribution in [-0.4, -0.2) is 47.0 Å². The SMILES string of the molecule is CO.Cc1ccccc1C1CCCC2CN(C(=O)OC(C)(C)C)C[C@H]21.OCc1cc(C(F)(F)F)cc(C(F)(F)F)c1. The number of alkyl halides is 6. The van der Waals surface area contributed by atoms with Gasteiger partial charge in [-0.3, -0.25) is 0 Å². The fraction of sp³-hybridized carbons (Fsp3) is 0.567. The molecule has 0 spiro atoms. The predicted octanol–water partition coefficient (Wildman–Crippen LogP) is 7.57. The van der Waals surface area contributed by atoms with Crippen molar-refractivity contribution in [3.63, 3.8) is 0 Å². The van der Waals surface area contributed by atoms with Crippen molar-refractivity contribution in [3.8, 4) is 0 Å². The minimum absolute atomic E-state index is 0.0131. The average molecular weight is 592 g/mol. The lowest BCUT2D eigenvalue weighted by molar-refractivity contribution is -0.143. The van der Waals surface area contributed by atoms with E-state index in [0.29, 0.717) is 29.9 Å². The number of fused-ring (bicyclic) bond motifs is 1. The van der Waals surface area contributed by atoms with Crippen LogP contribution in [0.5, 0.6) is 0 Å². The van der Waals surface area contributed by atoms with Crippen molar-refractivity contribution in [1.29, 1.82) is 0 Å². The monoisotopic (exact) mass is 591 g/mol. The maximum atomic E-state index is 12.4. The Morgan fingerprint density at radius 2 is 1.49 bits per heavy atom. The summed E-state index contributed by atoms with van der Waals surface area (Å²) in [6.45, 7) is 8.84. The maximum Gasteiger partial charge on any atom is 0.416 e. The molecule has 230 valence electrons. The van der Waals surface area contributed by atoms with E-state index in [1.54, 1.807) is 0 Å². The summed E-state index contributed by atoms with van der Waals surface area (Å²) in [6, 6.07) is 9.72. The number of aryl methyl sites for hydroxylation is 1. The van der Waals surface area contributed by atoms with Crippen molar-refractivity contribution < 1.29 is 46.1 Å². The molecule has 11 heteroatoms. The lowest BCUT2D eigenvalue weighted by atomic mass is 9.70. The molecular formula is C30H39F6NO4. The van der Waals surface area contributed by atoms with Gasteiger partial charge in [-0.2, -0.15) is 26.3 Å². The Kier molecular flexibility index (Phi) is 11.7. The molecule has 0 aromatic heterocycles. The zero-order valence-corrected chi connectivity index (χ0v) is 23.9. The van der Waals surface area contributed by atoms with Crippen LogP contribution >= 0.6 is 0 Å². The van der Waals surface area contributed by atoms with Crippen LogP contribution in [0.3, 0.4) is 0 Å². The smallest absolute Gasteiger partial charge is 0.416 e. The number of benzene rings is 2. The third-order valence-electron chi connectivity index (χ3n) is 7.17. The Morgan fingerprint density at radius 1 is 0.927 bits per heavy atom. The number of aliphatic hydroxyl groups is 2. The first-order chi connectivity index (χ1) is 19.0. The van der Waals surface area contributed by atoms with Crippen molar-refractivity contribution in [3.05, 3.63) is 70.3 Å². The third-order valence-corrected chi connectivity index (χ3v) is 7.17. The number of carbonyl (C=O) groups excluding carboxylic acids is 1. The summed E-state index contributed by atoms with van der Waals surface area (Å²) in [4.78, 5) is 14.4. The van der Waals surface area contributed by atoms with E-state index in [-0.39, 0.29) is 12.2 Å². The minimum atomic E-state index is -4.87. The summed E-state index contributed by atoms with van der Waals surface area (Å²) in [6.07, 6.45) is -6.13. The third kappa shape index (κ3) is 9.63. The van der Waals surface area contributed by atoms with Crippen LogP contribution in [0, 0.1) is 18.8 Å². The number of hydrogen-bond donors (Lipinski definition) is 2. The summed E-state index contributed by atoms with van der Waals surface area (Å²) in [5, 5.41) is 15.6. The molecule has 2 N–H and O–H groups in total. The first-order valence-electron chi connectivity index (χ1n) is 13.4. The molecule has 0 radical (unpaired) electrons. The zero-order valence-electron chi connectivity index (χ0n) is 23.9. The molecule has 1 aliphatic carbocycles. The van der Waals surface area contributed by atoms with Crippen LogP contribution < -0.4 is 0 Å². The molecule has 2 aromatic rings. The molecule has 5 nitrogen and oxygen atoms in total. The highest BCUT2D eigenvalue weighted by atomic mass is 19.4. The van der Waals surface area contributed by atoms with Crippen molar-refractivity contribution in [2.75, 3.05) is 20.2 Å². The molecule has 1 heterocycles. The highest BCUT2D eigenvalue weighted by Crippen LogP contribution is 2.46. The second kappa shape index (κ2) is 13.9. The number of nitrogens with zero attached hydrogens (tertiary/aromatic N) is 1. The highest BCUT2D eigenvalue weighted by molar-refractivity contribution is 5.68. The van der Waals surface area contributed by atoms with Crippen molar-refractivity contribution >= 4 is 6.09 Å². The normalized spacial score (nSPS) is 20.7. The molecule has 1 amide bonds. The second-order valence-electron chi connectivity index (χ2n) is 11.3. The van der Waals surface area contributed by atoms with Crippen molar-refractivity contribution in [2.24, 2.45) is 11.8 Å². The summed E-state index contributed by atoms with van der Waals surface area (Å²) < 4.78 is 78.9. The molecule has 2 fully saturated rings. The molecule has 1 saturated carbocycles. The molecule has 41 heavy (non-hydrogen) atoms. The molecule has 2 aromatic carbocycles. The minimum Gasteiger partial charge on any atom is -0.444 e. The molecule has 2 unspecified atom stereocenters. The number of ether oxygens (including phenoxy) is 1. The number of rotatable bonds is 2. The van der Waals surface area contributed by atoms with Gasteiger partial charge in [0.15, 0.2) is 0 Å². The standard InChI is InChI=1S/C20H29NO2.C9H6F6O.CH4O/c1-14-8-5-6-10-16(14)17-11-7-9-15-12-21(13-18(15)17)19(22)23-20(2,3)4;10-8(11,12)6-1-5(4-16)2-7(3-6)9(13,14)15;1-2/h5-6,8,10,15,17-18H,7,9,11-13H2,1-4H3;1-3,16H,4H2;2H,1H3/t15?,17?,18-;;/m1../s1. The van der Waals surface area contributed by atoms with Gasteiger partial charge in [0.1, 0.15) is 5.60 Å². The average Bonchev–Trinajstić information content (AvgIpc) is 3.33. The Balaban J connectivity index is 0.000000288. The van der Waals surface area contributed by atoms with Crippen molar-refractivity contribution in [1.82, 2.24) is 4.90 Å². The van der Waals surface area contributed by atoms with E-state index in [1.807, 2.05) is 25.7 Å². The van der Waals surface area contributed by atoms with E-state index in [9.17, 15) is 31.1 Å². The summed E-state index contributed by atoms with van der Waals surface area (Å²) in [7, 11) is 1.00. The van der Waals surface area contributed by atoms with Gasteiger partial charge in [-0.15, -0.1) is 0 Å². The van der Waals surface area contributed by atoms with E-state index in [4.69, 9.17) is 14.9 Å². The summed E-state index contributed by atoms with van der Waals surface area (Å²) in [5.41, 5.74) is -0.831. The van der Waals surface area contributed by atoms with Crippen LogP contribution in [0.1, 0.15) is 73.8 Å². The number of hydrogen-bond acceptors (Lipinski definition) is 4. The van der Waals surface area contributed by atoms with Crippen LogP contribution in [0.25, 0.3) is 0 Å². The number of carbonyl (C=O) groups is 1. The Labute approximate surface area is 237 Å². The lowest BCUT2D eigenvalue weighted by Gasteiger charge is -2.34. The van der Waals surface area contributed by atoms with Crippen LogP contribution in [0.4, 0.5) is 31.1 Å². The number of halogens is 6. The van der Waals surface area contributed by atoms with E-state index in [1.165, 1.54) is 30.4 Å². The van der Waals surface area contributed by atoms with Crippen molar-refractivity contribution in [2.45, 2.75) is 77.4 Å². The number of likely N-dealkylation sites (tertiary alicyclic amines) is 1. The fourth-order valence-corrected chi connectivity index (χ4v) is 5.45. The molecule has 3 atom stereocenters. The predicted molar refractivity (Wildman–Crippen MR) is 143 cm³/mol. The van der Waals surface area contributed by atoms with E-state index in [0.717, 1.165) is 20.2 Å². The quantitative estimate of drug-likeness (QED) is 0.354. The fourth-order valence-electron chi connectivity index (χ4n) is 5.45. The first-order valence-corrected chi connectivity index (χ1v) is 13.4. The molecule has 1 aliphatic heterocycles. The van der Waals surface area contributed by atoms with E-state index in [2.05, 4.69) is 31.2 Å². The Bertz CT molecular complexity index is 1110. The van der Waals surface area contributed by atoms with E-state index < -0.39 is 41.3 Å². The number of amides is 1. The highest BCUT2D eigenvalue weighted by Gasteiger charge is 2.43. The maximum absolute atomic E-state index is 12.4. The molecule has 4 rings (SSSR count). The molecular weight excluding hydrogens is 552 g/mol.